The van der Waals surface area contributed by atoms with Gasteiger partial charge in [-0.25, -0.2) is 0 Å². The lowest BCUT2D eigenvalue weighted by molar-refractivity contribution is 0.313. The molecule has 1 aromatic carbocycles. The van der Waals surface area contributed by atoms with Gasteiger partial charge in [0, 0.05) is 37.4 Å². The van der Waals surface area contributed by atoms with Crippen molar-refractivity contribution in [2.45, 2.75) is 6.92 Å². The molecule has 1 saturated heterocycles. The van der Waals surface area contributed by atoms with Crippen LogP contribution in [0, 0.1) is 6.92 Å². The quantitative estimate of drug-likeness (QED) is 0.823. The van der Waals surface area contributed by atoms with Crippen LogP contribution >= 0.6 is 0 Å². The van der Waals surface area contributed by atoms with Gasteiger partial charge in [0.2, 0.25) is 0 Å². The molecule has 3 heteroatoms. The number of benzene rings is 1. The van der Waals surface area contributed by atoms with Crippen molar-refractivity contribution in [3.63, 3.8) is 0 Å². The van der Waals surface area contributed by atoms with Crippen molar-refractivity contribution in [3.8, 4) is 11.3 Å². The van der Waals surface area contributed by atoms with Gasteiger partial charge in [0.1, 0.15) is 5.76 Å². The summed E-state index contributed by atoms with van der Waals surface area (Å²) in [6, 6.07) is 10.6. The van der Waals surface area contributed by atoms with E-state index < -0.39 is 0 Å². The Morgan fingerprint density at radius 2 is 1.84 bits per heavy atom. The lowest BCUT2D eigenvalue weighted by Gasteiger charge is -2.34. The topological polar surface area (TPSA) is 19.6 Å². The lowest BCUT2D eigenvalue weighted by Crippen LogP contribution is -2.44. The van der Waals surface area contributed by atoms with Crippen LogP contribution in [0.4, 0.5) is 5.69 Å². The van der Waals surface area contributed by atoms with E-state index in [-0.39, 0.29) is 0 Å². The Labute approximate surface area is 114 Å². The number of likely N-dealkylation sites (N-methyl/N-ethyl adjacent to an activating group) is 1. The van der Waals surface area contributed by atoms with Gasteiger partial charge in [0.25, 0.3) is 0 Å². The SMILES string of the molecule is Cc1cc(N2CCN(C)CC2)ccc1-c1ccco1. The van der Waals surface area contributed by atoms with Gasteiger partial charge in [0.05, 0.1) is 6.26 Å². The van der Waals surface area contributed by atoms with E-state index in [2.05, 4.69) is 42.0 Å². The van der Waals surface area contributed by atoms with Gasteiger partial charge in [-0.3, -0.25) is 0 Å². The van der Waals surface area contributed by atoms with Crippen molar-refractivity contribution < 1.29 is 4.42 Å². The summed E-state index contributed by atoms with van der Waals surface area (Å²) >= 11 is 0. The molecule has 3 nitrogen and oxygen atoms in total. The number of rotatable bonds is 2. The number of anilines is 1. The molecule has 0 spiro atoms. The monoisotopic (exact) mass is 256 g/mol. The van der Waals surface area contributed by atoms with Crippen molar-refractivity contribution in [2.75, 3.05) is 38.1 Å². The highest BCUT2D eigenvalue weighted by Crippen LogP contribution is 2.28. The first-order valence-corrected chi connectivity index (χ1v) is 6.82. The Bertz CT molecular complexity index is 540. The molecule has 19 heavy (non-hydrogen) atoms. The molecule has 0 unspecified atom stereocenters. The first-order valence-electron chi connectivity index (χ1n) is 6.82. The zero-order valence-electron chi connectivity index (χ0n) is 11.6. The van der Waals surface area contributed by atoms with Crippen molar-refractivity contribution >= 4 is 5.69 Å². The minimum atomic E-state index is 0.947. The molecule has 0 saturated carbocycles. The van der Waals surface area contributed by atoms with Crippen LogP contribution in [0.15, 0.2) is 41.0 Å². The molecular weight excluding hydrogens is 236 g/mol. The predicted octanol–water partition coefficient (Wildman–Crippen LogP) is 3.01. The molecule has 0 radical (unpaired) electrons. The zero-order valence-corrected chi connectivity index (χ0v) is 11.6. The molecule has 0 N–H and O–H groups in total. The van der Waals surface area contributed by atoms with Gasteiger partial charge in [-0.15, -0.1) is 0 Å². The molecule has 0 bridgehead atoms. The lowest BCUT2D eigenvalue weighted by atomic mass is 10.0. The fourth-order valence-electron chi connectivity index (χ4n) is 2.62. The van der Waals surface area contributed by atoms with E-state index in [4.69, 9.17) is 4.42 Å². The maximum absolute atomic E-state index is 5.48. The minimum absolute atomic E-state index is 0.947. The largest absolute Gasteiger partial charge is 0.464 e. The maximum Gasteiger partial charge on any atom is 0.134 e. The average molecular weight is 256 g/mol. The maximum atomic E-state index is 5.48. The Morgan fingerprint density at radius 1 is 1.05 bits per heavy atom. The third kappa shape index (κ3) is 2.51. The standard InChI is InChI=1S/C16H20N2O/c1-13-12-14(18-9-7-17(2)8-10-18)5-6-15(13)16-4-3-11-19-16/h3-6,11-12H,7-10H2,1-2H3. The summed E-state index contributed by atoms with van der Waals surface area (Å²) in [4.78, 5) is 4.83. The highest BCUT2D eigenvalue weighted by Gasteiger charge is 2.15. The normalized spacial score (nSPS) is 16.8. The second-order valence-corrected chi connectivity index (χ2v) is 5.27. The van der Waals surface area contributed by atoms with Crippen molar-refractivity contribution in [1.82, 2.24) is 4.90 Å². The highest BCUT2D eigenvalue weighted by molar-refractivity contribution is 5.66. The van der Waals surface area contributed by atoms with E-state index in [0.717, 1.165) is 31.9 Å². The molecule has 1 aromatic heterocycles. The second kappa shape index (κ2) is 5.10. The molecular formula is C16H20N2O. The molecule has 2 aromatic rings. The van der Waals surface area contributed by atoms with E-state index in [9.17, 15) is 0 Å². The van der Waals surface area contributed by atoms with Crippen LogP contribution < -0.4 is 4.90 Å². The van der Waals surface area contributed by atoms with E-state index in [1.54, 1.807) is 6.26 Å². The number of piperazine rings is 1. The summed E-state index contributed by atoms with van der Waals surface area (Å²) in [5, 5.41) is 0. The van der Waals surface area contributed by atoms with Crippen LogP contribution in [-0.2, 0) is 0 Å². The smallest absolute Gasteiger partial charge is 0.134 e. The summed E-state index contributed by atoms with van der Waals surface area (Å²) in [5.74, 6) is 0.947. The number of aryl methyl sites for hydroxylation is 1. The second-order valence-electron chi connectivity index (χ2n) is 5.27. The number of hydrogen-bond donors (Lipinski definition) is 0. The van der Waals surface area contributed by atoms with Gasteiger partial charge in [-0.05, 0) is 49.9 Å². The summed E-state index contributed by atoms with van der Waals surface area (Å²) < 4.78 is 5.48. The Hall–Kier alpha value is -1.74. The average Bonchev–Trinajstić information content (AvgIpc) is 2.93. The Morgan fingerprint density at radius 3 is 2.47 bits per heavy atom. The van der Waals surface area contributed by atoms with Crippen LogP contribution in [-0.4, -0.2) is 38.1 Å². The third-order valence-corrected chi connectivity index (χ3v) is 3.87. The zero-order chi connectivity index (χ0) is 13.2. The molecule has 0 atom stereocenters. The molecule has 1 aliphatic heterocycles. The van der Waals surface area contributed by atoms with Gasteiger partial charge < -0.3 is 14.2 Å². The minimum Gasteiger partial charge on any atom is -0.464 e. The Kier molecular flexibility index (Phi) is 3.30. The molecule has 0 amide bonds. The number of hydrogen-bond acceptors (Lipinski definition) is 3. The fourth-order valence-corrected chi connectivity index (χ4v) is 2.62. The summed E-state index contributed by atoms with van der Waals surface area (Å²) in [6.07, 6.45) is 1.73. The molecule has 1 aliphatic rings. The van der Waals surface area contributed by atoms with Crippen molar-refractivity contribution in [1.29, 1.82) is 0 Å². The van der Waals surface area contributed by atoms with E-state index in [1.165, 1.54) is 16.8 Å². The van der Waals surface area contributed by atoms with Gasteiger partial charge >= 0.3 is 0 Å². The van der Waals surface area contributed by atoms with E-state index in [0.29, 0.717) is 0 Å². The molecule has 100 valence electrons. The van der Waals surface area contributed by atoms with Crippen LogP contribution in [0.5, 0.6) is 0 Å². The first-order chi connectivity index (χ1) is 9.24. The van der Waals surface area contributed by atoms with Crippen LogP contribution in [0.3, 0.4) is 0 Å². The van der Waals surface area contributed by atoms with E-state index in [1.807, 2.05) is 12.1 Å². The molecule has 3 rings (SSSR count). The van der Waals surface area contributed by atoms with Crippen molar-refractivity contribution in [3.05, 3.63) is 42.2 Å². The summed E-state index contributed by atoms with van der Waals surface area (Å²) in [6.45, 7) is 6.64. The first kappa shape index (κ1) is 12.3. The highest BCUT2D eigenvalue weighted by atomic mass is 16.3. The Balaban J connectivity index is 1.83. The van der Waals surface area contributed by atoms with Gasteiger partial charge in [0.15, 0.2) is 0 Å². The summed E-state index contributed by atoms with van der Waals surface area (Å²) in [7, 11) is 2.18. The third-order valence-electron chi connectivity index (χ3n) is 3.87. The van der Waals surface area contributed by atoms with Crippen molar-refractivity contribution in [2.24, 2.45) is 0 Å². The molecule has 1 fully saturated rings. The number of furan rings is 1. The molecule has 0 aliphatic carbocycles. The summed E-state index contributed by atoms with van der Waals surface area (Å²) in [5.41, 5.74) is 3.77. The predicted molar refractivity (Wildman–Crippen MR) is 78.6 cm³/mol. The van der Waals surface area contributed by atoms with E-state index >= 15 is 0 Å². The van der Waals surface area contributed by atoms with Crippen LogP contribution in [0.1, 0.15) is 5.56 Å². The van der Waals surface area contributed by atoms with Gasteiger partial charge in [-0.2, -0.15) is 0 Å². The fraction of sp³-hybridized carbons (Fsp3) is 0.375. The van der Waals surface area contributed by atoms with Crippen LogP contribution in [0.2, 0.25) is 0 Å². The molecule has 2 heterocycles. The number of nitrogens with zero attached hydrogens (tertiary/aromatic N) is 2. The van der Waals surface area contributed by atoms with Crippen LogP contribution in [0.25, 0.3) is 11.3 Å². The van der Waals surface area contributed by atoms with Gasteiger partial charge in [-0.1, -0.05) is 0 Å².